The number of nitro groups is 1. The van der Waals surface area contributed by atoms with Crippen LogP contribution in [-0.4, -0.2) is 97.8 Å². The zero-order valence-corrected chi connectivity index (χ0v) is 42.1. The first-order chi connectivity index (χ1) is 33.7. The number of amides is 1. The smallest absolute Gasteiger partial charge is 0.297 e. The largest absolute Gasteiger partial charge is 0.489 e. The van der Waals surface area contributed by atoms with E-state index in [2.05, 4.69) is 72.6 Å². The highest BCUT2D eigenvalue weighted by atomic mass is 32.2. The highest BCUT2D eigenvalue weighted by Crippen LogP contribution is 2.54. The maximum Gasteiger partial charge on any atom is 0.297 e. The van der Waals surface area contributed by atoms with Gasteiger partial charge in [-0.1, -0.05) is 38.1 Å². The molecule has 1 amide bonds. The number of nitrogens with zero attached hydrogens (tertiary/aromatic N) is 4. The number of benzene rings is 3. The molecule has 2 saturated heterocycles. The molecule has 2 aromatic heterocycles. The van der Waals surface area contributed by atoms with Gasteiger partial charge in [-0.2, -0.15) is 0 Å². The van der Waals surface area contributed by atoms with E-state index in [9.17, 15) is 36.9 Å². The number of aromatic nitrogens is 2. The normalized spacial score (nSPS) is 23.7. The van der Waals surface area contributed by atoms with Crippen molar-refractivity contribution in [1.29, 1.82) is 0 Å². The van der Waals surface area contributed by atoms with Crippen LogP contribution in [0.25, 0.3) is 11.0 Å². The fourth-order valence-electron chi connectivity index (χ4n) is 11.8. The van der Waals surface area contributed by atoms with Gasteiger partial charge in [0.2, 0.25) is 10.0 Å². The molecule has 378 valence electrons. The van der Waals surface area contributed by atoms with Gasteiger partial charge in [-0.25, -0.2) is 26.5 Å². The van der Waals surface area contributed by atoms with Crippen LogP contribution in [-0.2, 0) is 20.0 Å². The van der Waals surface area contributed by atoms with Crippen LogP contribution in [0.3, 0.4) is 0 Å². The number of pyridine rings is 1. The van der Waals surface area contributed by atoms with Crippen LogP contribution >= 0.6 is 0 Å². The number of H-pyrrole nitrogens is 1. The number of likely N-dealkylation sites (tertiary alicyclic amines) is 1. The molecule has 3 aromatic carbocycles. The molecule has 5 N–H and O–H groups in total. The lowest BCUT2D eigenvalue weighted by atomic mass is 9.59. The summed E-state index contributed by atoms with van der Waals surface area (Å²) in [7, 11) is -8.65. The van der Waals surface area contributed by atoms with Crippen LogP contribution in [0.4, 0.5) is 22.9 Å². The number of aromatic amines is 1. The Hall–Kier alpha value is -5.96. The van der Waals surface area contributed by atoms with Crippen molar-refractivity contribution in [2.45, 2.75) is 120 Å². The minimum atomic E-state index is -4.78. The number of ether oxygens (including phenoxy) is 2. The highest BCUT2D eigenvalue weighted by Gasteiger charge is 2.50. The van der Waals surface area contributed by atoms with Crippen LogP contribution in [0.2, 0.25) is 0 Å². The number of aliphatic hydroxyl groups is 1. The topological polar surface area (TPSA) is 238 Å². The Morgan fingerprint density at radius 1 is 0.972 bits per heavy atom. The Morgan fingerprint density at radius 3 is 2.44 bits per heavy atom. The second kappa shape index (κ2) is 18.6. The molecule has 71 heavy (non-hydrogen) atoms. The van der Waals surface area contributed by atoms with Crippen molar-refractivity contribution in [3.63, 3.8) is 0 Å². The summed E-state index contributed by atoms with van der Waals surface area (Å²) < 4.78 is 70.2. The SMILES string of the molecule is CC(C)c1ccccc1[C@@H]1CCCN1C1CC2(CCN(c3ccc(C(=O)NS(=O)(=O)c4cc5c(c([N+](=O)[O-])c4)N[C@@H](C4CCC(C)(O)CC4)CO5)c(Oc4cc5cc[nH]c5nc4NS(C)(=O)=O)c3)CC2)C1. The van der Waals surface area contributed by atoms with Crippen LogP contribution < -0.4 is 29.1 Å². The average Bonchev–Trinajstić information content (AvgIpc) is 3.99. The number of piperidine rings is 1. The number of hydrogen-bond acceptors (Lipinski definition) is 14. The zero-order valence-electron chi connectivity index (χ0n) is 40.4. The number of carbonyl (C=O) groups is 1. The summed E-state index contributed by atoms with van der Waals surface area (Å²) in [5, 5.41) is 26.7. The van der Waals surface area contributed by atoms with Gasteiger partial charge in [-0.3, -0.25) is 24.5 Å². The number of hydrogen-bond donors (Lipinski definition) is 5. The maximum atomic E-state index is 14.3. The number of rotatable bonds is 13. The molecular formula is C51H62N8O10S2. The standard InChI is InChI=1S/C51H62N8O10S2/c1-31(2)37-8-5-6-9-38(37)41-10-7-21-58(41)35-28-51(29-35)18-22-57(23-19-51)34-11-12-39(43(25-34)69-45-24-33-15-20-52-47(33)54-48(45)55-70(4,64)65)49(60)56-71(66,67)36-26-42(59(62)63)46-44(27-36)68-30-40(53-46)32-13-16-50(3,61)17-14-32/h5-6,8-9,11-12,15,20,24-27,31-32,35,40-41,53,61H,7,10,13-14,16-19,21-23,28-30H2,1-4H3,(H,56,60)(H2,52,54,55)/t32?,40-,41+,50?/m1/s1. The van der Waals surface area contributed by atoms with E-state index in [1.165, 1.54) is 30.0 Å². The number of carbonyl (C=O) groups excluding carboxylic acids is 1. The third-order valence-electron chi connectivity index (χ3n) is 15.7. The van der Waals surface area contributed by atoms with Crippen molar-refractivity contribution in [2.24, 2.45) is 11.3 Å². The van der Waals surface area contributed by atoms with E-state index in [1.54, 1.807) is 37.4 Å². The summed E-state index contributed by atoms with van der Waals surface area (Å²) in [6, 6.07) is 19.7. The van der Waals surface area contributed by atoms with Crippen molar-refractivity contribution >= 4 is 59.9 Å². The quantitative estimate of drug-likeness (QED) is 0.0549. The van der Waals surface area contributed by atoms with Crippen molar-refractivity contribution in [3.05, 3.63) is 99.7 Å². The number of fused-ring (bicyclic) bond motifs is 2. The molecule has 5 aromatic rings. The van der Waals surface area contributed by atoms with Crippen molar-refractivity contribution in [3.8, 4) is 17.2 Å². The molecule has 0 radical (unpaired) electrons. The second-order valence-corrected chi connectivity index (χ2v) is 24.5. The summed E-state index contributed by atoms with van der Waals surface area (Å²) in [6.45, 7) is 9.02. The Kier molecular flexibility index (Phi) is 12.7. The van der Waals surface area contributed by atoms with Gasteiger partial charge >= 0.3 is 0 Å². The molecule has 20 heteroatoms. The van der Waals surface area contributed by atoms with Crippen LogP contribution in [0.15, 0.2) is 77.8 Å². The van der Waals surface area contributed by atoms with Gasteiger partial charge in [0.1, 0.15) is 18.0 Å². The van der Waals surface area contributed by atoms with E-state index in [1.807, 2.05) is 0 Å². The van der Waals surface area contributed by atoms with Crippen LogP contribution in [0, 0.1) is 21.4 Å². The molecule has 1 spiro atoms. The summed E-state index contributed by atoms with van der Waals surface area (Å²) in [6.07, 6.45) is 11.7. The summed E-state index contributed by atoms with van der Waals surface area (Å²) in [4.78, 5) is 37.9. The first-order valence-electron chi connectivity index (χ1n) is 24.6. The average molecular weight is 1010 g/mol. The van der Waals surface area contributed by atoms with Crippen LogP contribution in [0.1, 0.15) is 118 Å². The number of sulfonamides is 2. The predicted molar refractivity (Wildman–Crippen MR) is 270 cm³/mol. The molecule has 18 nitrogen and oxygen atoms in total. The minimum Gasteiger partial charge on any atom is -0.489 e. The van der Waals surface area contributed by atoms with Gasteiger partial charge < -0.3 is 29.8 Å². The first kappa shape index (κ1) is 48.7. The fourth-order valence-corrected chi connectivity index (χ4v) is 13.3. The maximum absolute atomic E-state index is 14.3. The van der Waals surface area contributed by atoms with Crippen molar-refractivity contribution in [1.82, 2.24) is 19.6 Å². The Morgan fingerprint density at radius 2 is 1.72 bits per heavy atom. The lowest BCUT2D eigenvalue weighted by Gasteiger charge is -2.56. The molecule has 4 fully saturated rings. The number of anilines is 3. The minimum absolute atomic E-state index is 0.0379. The summed E-state index contributed by atoms with van der Waals surface area (Å²) in [5.74, 6) is -0.895. The van der Waals surface area contributed by atoms with Gasteiger partial charge in [0.05, 0.1) is 33.3 Å². The lowest BCUT2D eigenvalue weighted by molar-refractivity contribution is -0.384. The fraction of sp³-hybridized carbons (Fsp3) is 0.490. The van der Waals surface area contributed by atoms with Gasteiger partial charge in [0, 0.05) is 60.6 Å². The molecule has 0 bridgehead atoms. The predicted octanol–water partition coefficient (Wildman–Crippen LogP) is 8.58. The van der Waals surface area contributed by atoms with Gasteiger partial charge in [-0.05, 0) is 130 Å². The highest BCUT2D eigenvalue weighted by molar-refractivity contribution is 7.92. The molecule has 2 atom stereocenters. The third-order valence-corrected chi connectivity index (χ3v) is 17.6. The molecule has 3 aliphatic heterocycles. The molecule has 10 rings (SSSR count). The Balaban J connectivity index is 0.897. The molecular weight excluding hydrogens is 949 g/mol. The van der Waals surface area contributed by atoms with Crippen molar-refractivity contribution in [2.75, 3.05) is 47.4 Å². The molecule has 5 aliphatic rings. The number of nitro benzene ring substituents is 1. The van der Waals surface area contributed by atoms with E-state index < -0.39 is 47.1 Å². The van der Waals surface area contributed by atoms with Crippen molar-refractivity contribution < 1.29 is 41.1 Å². The molecule has 2 aliphatic carbocycles. The summed E-state index contributed by atoms with van der Waals surface area (Å²) in [5.41, 5.74) is 2.72. The molecule has 5 heterocycles. The van der Waals surface area contributed by atoms with E-state index in [-0.39, 0.29) is 58.3 Å². The monoisotopic (exact) mass is 1010 g/mol. The third kappa shape index (κ3) is 9.99. The Bertz CT molecular complexity index is 3100. The van der Waals surface area contributed by atoms with Gasteiger partial charge in [0.15, 0.2) is 23.0 Å². The van der Waals surface area contributed by atoms with Crippen LogP contribution in [0.5, 0.6) is 17.2 Å². The molecule has 0 unspecified atom stereocenters. The van der Waals surface area contributed by atoms with E-state index in [4.69, 9.17) is 9.47 Å². The zero-order chi connectivity index (χ0) is 50.0. The van der Waals surface area contributed by atoms with Gasteiger partial charge in [0.25, 0.3) is 21.6 Å². The lowest BCUT2D eigenvalue weighted by Crippen LogP contribution is -2.54. The molecule has 2 saturated carbocycles. The van der Waals surface area contributed by atoms with E-state index in [0.717, 1.165) is 69.4 Å². The van der Waals surface area contributed by atoms with Gasteiger partial charge in [-0.15, -0.1) is 0 Å². The summed E-state index contributed by atoms with van der Waals surface area (Å²) >= 11 is 0. The van der Waals surface area contributed by atoms with E-state index >= 15 is 0 Å². The van der Waals surface area contributed by atoms with E-state index in [0.29, 0.717) is 54.7 Å². The second-order valence-electron chi connectivity index (χ2n) is 21.0. The number of nitrogens with one attached hydrogen (secondary N) is 4. The first-order valence-corrected chi connectivity index (χ1v) is 28.0. The Labute approximate surface area is 414 Å².